The van der Waals surface area contributed by atoms with Gasteiger partial charge in [0.15, 0.2) is 5.76 Å². The average molecular weight is 370 g/mol. The van der Waals surface area contributed by atoms with Crippen molar-refractivity contribution in [3.63, 3.8) is 0 Å². The molecule has 0 fully saturated rings. The molecule has 0 bridgehead atoms. The van der Waals surface area contributed by atoms with Crippen molar-refractivity contribution in [2.45, 2.75) is 0 Å². The molecular weight excluding hydrogens is 354 g/mol. The molecule has 5 nitrogen and oxygen atoms in total. The van der Waals surface area contributed by atoms with Crippen LogP contribution in [0.2, 0.25) is 5.02 Å². The highest BCUT2D eigenvalue weighted by atomic mass is 35.5. The molecule has 0 N–H and O–H groups in total. The summed E-state index contributed by atoms with van der Waals surface area (Å²) >= 11 is 5.92. The molecule has 0 saturated heterocycles. The molecule has 132 valence electrons. The molecular formula is C20H16ClNO4. The lowest BCUT2D eigenvalue weighted by atomic mass is 9.98. The van der Waals surface area contributed by atoms with E-state index in [1.54, 1.807) is 18.2 Å². The minimum absolute atomic E-state index is 0.293. The van der Waals surface area contributed by atoms with E-state index in [1.165, 1.54) is 20.5 Å². The second-order valence-electron chi connectivity index (χ2n) is 5.39. The maximum atomic E-state index is 12.1. The summed E-state index contributed by atoms with van der Waals surface area (Å²) < 4.78 is 15.4. The molecule has 0 amide bonds. The minimum Gasteiger partial charge on any atom is -0.503 e. The van der Waals surface area contributed by atoms with E-state index in [0.29, 0.717) is 27.6 Å². The van der Waals surface area contributed by atoms with Crippen molar-refractivity contribution in [1.82, 2.24) is 5.16 Å². The van der Waals surface area contributed by atoms with Crippen LogP contribution in [0.3, 0.4) is 0 Å². The first-order valence-corrected chi connectivity index (χ1v) is 8.15. The van der Waals surface area contributed by atoms with E-state index in [1.807, 2.05) is 36.4 Å². The van der Waals surface area contributed by atoms with Crippen molar-refractivity contribution in [1.29, 1.82) is 0 Å². The van der Waals surface area contributed by atoms with E-state index in [2.05, 4.69) is 5.16 Å². The van der Waals surface area contributed by atoms with Crippen molar-refractivity contribution in [2.24, 2.45) is 0 Å². The number of carbonyl (C=O) groups excluding carboxylic acids is 1. The molecule has 0 spiro atoms. The van der Waals surface area contributed by atoms with Gasteiger partial charge >= 0.3 is 5.97 Å². The summed E-state index contributed by atoms with van der Waals surface area (Å²) in [5, 5.41) is 4.79. The predicted octanol–water partition coefficient (Wildman–Crippen LogP) is 4.82. The number of methoxy groups -OCH3 is 2. The van der Waals surface area contributed by atoms with Gasteiger partial charge in [-0.25, -0.2) is 4.79 Å². The molecule has 6 heteroatoms. The number of carbonyl (C=O) groups is 1. The predicted molar refractivity (Wildman–Crippen MR) is 99.4 cm³/mol. The number of nitrogens with zero attached hydrogens (tertiary/aromatic N) is 1. The van der Waals surface area contributed by atoms with E-state index in [-0.39, 0.29) is 0 Å². The first-order chi connectivity index (χ1) is 12.6. The first kappa shape index (κ1) is 17.8. The van der Waals surface area contributed by atoms with Crippen LogP contribution in [0.5, 0.6) is 0 Å². The lowest BCUT2D eigenvalue weighted by Crippen LogP contribution is -2.05. The van der Waals surface area contributed by atoms with Crippen LogP contribution in [-0.2, 0) is 14.3 Å². The Morgan fingerprint density at radius 3 is 2.54 bits per heavy atom. The van der Waals surface area contributed by atoms with E-state index < -0.39 is 5.97 Å². The number of hydrogen-bond donors (Lipinski definition) is 0. The van der Waals surface area contributed by atoms with Gasteiger partial charge in [-0.3, -0.25) is 0 Å². The number of benzene rings is 2. The van der Waals surface area contributed by atoms with E-state index in [4.69, 9.17) is 25.6 Å². The number of halogens is 1. The van der Waals surface area contributed by atoms with Crippen LogP contribution < -0.4 is 0 Å². The van der Waals surface area contributed by atoms with Crippen molar-refractivity contribution < 1.29 is 18.8 Å². The Bertz CT molecular complexity index is 944. The number of ether oxygens (including phenoxy) is 2. The number of hydrogen-bond acceptors (Lipinski definition) is 5. The van der Waals surface area contributed by atoms with E-state index in [0.717, 1.165) is 11.1 Å². The third kappa shape index (κ3) is 3.63. The Morgan fingerprint density at radius 1 is 1.12 bits per heavy atom. The third-order valence-corrected chi connectivity index (χ3v) is 4.03. The fourth-order valence-electron chi connectivity index (χ4n) is 2.54. The molecule has 2 aromatic carbocycles. The topological polar surface area (TPSA) is 61.6 Å². The van der Waals surface area contributed by atoms with Gasteiger partial charge in [-0.2, -0.15) is 0 Å². The number of rotatable bonds is 5. The van der Waals surface area contributed by atoms with Gasteiger partial charge in [-0.15, -0.1) is 0 Å². The summed E-state index contributed by atoms with van der Waals surface area (Å²) in [4.78, 5) is 12.1. The zero-order valence-corrected chi connectivity index (χ0v) is 15.0. The van der Waals surface area contributed by atoms with Crippen LogP contribution in [0.1, 0.15) is 5.56 Å². The summed E-state index contributed by atoms with van der Waals surface area (Å²) in [6, 6.07) is 16.4. The maximum Gasteiger partial charge on any atom is 0.341 e. The standard InChI is InChI=1S/C20H16ClNO4/c1-24-12-17(20(23)25-2)15-5-3-4-6-16(15)18-11-19(26-22-18)13-7-9-14(21)10-8-13/h3-12H,1-2H3/b17-12-. The van der Waals surface area contributed by atoms with Crippen LogP contribution in [0.4, 0.5) is 0 Å². The average Bonchev–Trinajstić information content (AvgIpc) is 3.16. The van der Waals surface area contributed by atoms with Gasteiger partial charge < -0.3 is 14.0 Å². The Kier molecular flexibility index (Phi) is 5.39. The Balaban J connectivity index is 2.05. The lowest BCUT2D eigenvalue weighted by molar-refractivity contribution is -0.133. The van der Waals surface area contributed by atoms with Crippen LogP contribution in [0, 0.1) is 0 Å². The van der Waals surface area contributed by atoms with Gasteiger partial charge in [0.2, 0.25) is 0 Å². The van der Waals surface area contributed by atoms with Gasteiger partial charge in [0, 0.05) is 27.8 Å². The lowest BCUT2D eigenvalue weighted by Gasteiger charge is -2.09. The molecule has 0 radical (unpaired) electrons. The fourth-order valence-corrected chi connectivity index (χ4v) is 2.67. The normalized spacial score (nSPS) is 11.3. The van der Waals surface area contributed by atoms with Crippen LogP contribution >= 0.6 is 11.6 Å². The van der Waals surface area contributed by atoms with Crippen LogP contribution in [-0.4, -0.2) is 25.3 Å². The second-order valence-corrected chi connectivity index (χ2v) is 5.82. The number of aromatic nitrogens is 1. The maximum absolute atomic E-state index is 12.1. The van der Waals surface area contributed by atoms with Gasteiger partial charge in [0.05, 0.1) is 20.5 Å². The molecule has 3 aromatic rings. The van der Waals surface area contributed by atoms with Crippen LogP contribution in [0.15, 0.2) is 65.4 Å². The molecule has 3 rings (SSSR count). The highest BCUT2D eigenvalue weighted by Gasteiger charge is 2.19. The first-order valence-electron chi connectivity index (χ1n) is 7.77. The molecule has 0 saturated carbocycles. The van der Waals surface area contributed by atoms with Crippen LogP contribution in [0.25, 0.3) is 28.2 Å². The zero-order chi connectivity index (χ0) is 18.5. The molecule has 0 aliphatic rings. The summed E-state index contributed by atoms with van der Waals surface area (Å²) in [6.07, 6.45) is 1.35. The summed E-state index contributed by atoms with van der Waals surface area (Å²) in [5.74, 6) is 0.0996. The molecule has 0 atom stereocenters. The van der Waals surface area contributed by atoms with Crippen molar-refractivity contribution >= 4 is 23.1 Å². The highest BCUT2D eigenvalue weighted by Crippen LogP contribution is 2.32. The van der Waals surface area contributed by atoms with E-state index >= 15 is 0 Å². The van der Waals surface area contributed by atoms with Crippen molar-refractivity contribution in [3.05, 3.63) is 71.4 Å². The minimum atomic E-state index is -0.499. The Morgan fingerprint density at radius 2 is 1.85 bits per heavy atom. The van der Waals surface area contributed by atoms with Gasteiger partial charge in [0.25, 0.3) is 0 Å². The molecule has 1 heterocycles. The molecule has 0 aliphatic carbocycles. The van der Waals surface area contributed by atoms with Gasteiger partial charge in [-0.1, -0.05) is 41.0 Å². The third-order valence-electron chi connectivity index (χ3n) is 3.77. The highest BCUT2D eigenvalue weighted by molar-refractivity contribution is 6.30. The monoisotopic (exact) mass is 369 g/mol. The van der Waals surface area contributed by atoms with Crippen molar-refractivity contribution in [2.75, 3.05) is 14.2 Å². The second kappa shape index (κ2) is 7.89. The molecule has 0 aliphatic heterocycles. The largest absolute Gasteiger partial charge is 0.503 e. The summed E-state index contributed by atoms with van der Waals surface area (Å²) in [5.41, 5.74) is 3.10. The number of esters is 1. The Hall–Kier alpha value is -3.05. The molecule has 26 heavy (non-hydrogen) atoms. The molecule has 0 unspecified atom stereocenters. The molecule has 1 aromatic heterocycles. The zero-order valence-electron chi connectivity index (χ0n) is 14.2. The fraction of sp³-hybridized carbons (Fsp3) is 0.100. The van der Waals surface area contributed by atoms with Gasteiger partial charge in [-0.05, 0) is 24.3 Å². The van der Waals surface area contributed by atoms with E-state index in [9.17, 15) is 4.79 Å². The SMILES string of the molecule is CO/C=C(\C(=O)OC)c1ccccc1-c1cc(-c2ccc(Cl)cc2)on1. The summed E-state index contributed by atoms with van der Waals surface area (Å²) in [7, 11) is 2.80. The smallest absolute Gasteiger partial charge is 0.341 e. The quantitative estimate of drug-likeness (QED) is 0.366. The Labute approximate surface area is 155 Å². The van der Waals surface area contributed by atoms with Crippen molar-refractivity contribution in [3.8, 4) is 22.6 Å². The summed E-state index contributed by atoms with van der Waals surface area (Å²) in [6.45, 7) is 0. The van der Waals surface area contributed by atoms with Gasteiger partial charge in [0.1, 0.15) is 11.3 Å².